The Bertz CT molecular complexity index is 501. The van der Waals surface area contributed by atoms with Crippen LogP contribution in [0.15, 0.2) is 18.2 Å². The number of carbonyl (C=O) groups is 1. The third-order valence-electron chi connectivity index (χ3n) is 4.52. The molecule has 2 atom stereocenters. The van der Waals surface area contributed by atoms with E-state index in [1.54, 1.807) is 32.4 Å². The first kappa shape index (κ1) is 15.7. The van der Waals surface area contributed by atoms with E-state index in [4.69, 9.17) is 9.47 Å². The average Bonchev–Trinajstić information content (AvgIpc) is 2.53. The molecule has 1 fully saturated rings. The number of hydrogen-bond acceptors (Lipinski definition) is 3. The van der Waals surface area contributed by atoms with Gasteiger partial charge in [-0.1, -0.05) is 19.8 Å². The molecule has 1 amide bonds. The molecular formula is C17H25NO3. The van der Waals surface area contributed by atoms with Gasteiger partial charge in [-0.15, -0.1) is 0 Å². The third kappa shape index (κ3) is 3.31. The average molecular weight is 291 g/mol. The summed E-state index contributed by atoms with van der Waals surface area (Å²) in [7, 11) is 5.08. The predicted molar refractivity (Wildman–Crippen MR) is 83.1 cm³/mol. The number of nitrogens with zero attached hydrogens (tertiary/aromatic N) is 1. The smallest absolute Gasteiger partial charge is 0.257 e. The minimum absolute atomic E-state index is 0.0215. The van der Waals surface area contributed by atoms with Crippen molar-refractivity contribution in [3.05, 3.63) is 23.8 Å². The van der Waals surface area contributed by atoms with Gasteiger partial charge in [-0.2, -0.15) is 0 Å². The van der Waals surface area contributed by atoms with E-state index in [2.05, 4.69) is 6.92 Å². The molecule has 0 saturated heterocycles. The topological polar surface area (TPSA) is 38.8 Å². The van der Waals surface area contributed by atoms with Crippen molar-refractivity contribution in [3.8, 4) is 11.5 Å². The lowest BCUT2D eigenvalue weighted by Crippen LogP contribution is -2.42. The zero-order valence-corrected chi connectivity index (χ0v) is 13.4. The van der Waals surface area contributed by atoms with Crippen LogP contribution >= 0.6 is 0 Å². The van der Waals surface area contributed by atoms with Gasteiger partial charge in [-0.3, -0.25) is 4.79 Å². The molecule has 0 aromatic heterocycles. The molecule has 2 unspecified atom stereocenters. The van der Waals surface area contributed by atoms with E-state index < -0.39 is 0 Å². The molecule has 0 radical (unpaired) electrons. The highest BCUT2D eigenvalue weighted by Crippen LogP contribution is 2.31. The first-order chi connectivity index (χ1) is 10.1. The van der Waals surface area contributed by atoms with Crippen LogP contribution < -0.4 is 9.47 Å². The van der Waals surface area contributed by atoms with Crippen LogP contribution in [0, 0.1) is 5.92 Å². The van der Waals surface area contributed by atoms with Crippen LogP contribution in [0.25, 0.3) is 0 Å². The van der Waals surface area contributed by atoms with E-state index in [0.29, 0.717) is 29.0 Å². The van der Waals surface area contributed by atoms with E-state index >= 15 is 0 Å². The predicted octanol–water partition coefficient (Wildman–Crippen LogP) is 3.35. The maximum absolute atomic E-state index is 12.8. The molecule has 1 aromatic carbocycles. The van der Waals surface area contributed by atoms with Crippen molar-refractivity contribution in [2.24, 2.45) is 5.92 Å². The van der Waals surface area contributed by atoms with E-state index in [9.17, 15) is 4.79 Å². The Morgan fingerprint density at radius 1 is 1.19 bits per heavy atom. The molecule has 0 bridgehead atoms. The largest absolute Gasteiger partial charge is 0.497 e. The molecular weight excluding hydrogens is 266 g/mol. The number of rotatable bonds is 4. The molecule has 0 N–H and O–H groups in total. The second kappa shape index (κ2) is 6.83. The van der Waals surface area contributed by atoms with E-state index in [1.165, 1.54) is 19.3 Å². The molecule has 116 valence electrons. The molecule has 1 aliphatic carbocycles. The fraction of sp³-hybridized carbons (Fsp3) is 0.588. The summed E-state index contributed by atoms with van der Waals surface area (Å²) < 4.78 is 10.5. The van der Waals surface area contributed by atoms with Crippen molar-refractivity contribution in [1.29, 1.82) is 0 Å². The summed E-state index contributed by atoms with van der Waals surface area (Å²) in [5, 5.41) is 0. The van der Waals surface area contributed by atoms with Crippen molar-refractivity contribution in [2.45, 2.75) is 38.6 Å². The quantitative estimate of drug-likeness (QED) is 0.854. The highest BCUT2D eigenvalue weighted by molar-refractivity contribution is 5.97. The first-order valence-electron chi connectivity index (χ1n) is 7.57. The minimum atomic E-state index is 0.0215. The Morgan fingerprint density at radius 3 is 2.52 bits per heavy atom. The Labute approximate surface area is 127 Å². The molecule has 21 heavy (non-hydrogen) atoms. The van der Waals surface area contributed by atoms with Gasteiger partial charge in [0.25, 0.3) is 5.91 Å². The van der Waals surface area contributed by atoms with Gasteiger partial charge in [0, 0.05) is 19.2 Å². The molecule has 2 rings (SSSR count). The Morgan fingerprint density at radius 2 is 1.90 bits per heavy atom. The lowest BCUT2D eigenvalue weighted by Gasteiger charge is -2.36. The van der Waals surface area contributed by atoms with Crippen LogP contribution in [0.2, 0.25) is 0 Å². The van der Waals surface area contributed by atoms with Crippen molar-refractivity contribution >= 4 is 5.91 Å². The van der Waals surface area contributed by atoms with Crippen LogP contribution in [-0.4, -0.2) is 38.1 Å². The second-order valence-electron chi connectivity index (χ2n) is 5.81. The highest BCUT2D eigenvalue weighted by atomic mass is 16.5. The van der Waals surface area contributed by atoms with Crippen molar-refractivity contribution < 1.29 is 14.3 Å². The van der Waals surface area contributed by atoms with E-state index in [1.807, 2.05) is 11.9 Å². The fourth-order valence-corrected chi connectivity index (χ4v) is 3.19. The number of methoxy groups -OCH3 is 2. The number of ether oxygens (including phenoxy) is 2. The number of benzene rings is 1. The normalized spacial score (nSPS) is 21.7. The summed E-state index contributed by atoms with van der Waals surface area (Å²) in [6.07, 6.45) is 4.75. The lowest BCUT2D eigenvalue weighted by atomic mass is 9.85. The molecule has 4 heteroatoms. The van der Waals surface area contributed by atoms with E-state index in [0.717, 1.165) is 6.42 Å². The fourth-order valence-electron chi connectivity index (χ4n) is 3.19. The Kier molecular flexibility index (Phi) is 5.10. The monoisotopic (exact) mass is 291 g/mol. The summed E-state index contributed by atoms with van der Waals surface area (Å²) in [4.78, 5) is 14.7. The standard InChI is InChI=1S/C17H25NO3/c1-12-7-5-6-8-15(12)18(2)17(19)14-10-9-13(20-3)11-16(14)21-4/h9-12,15H,5-8H2,1-4H3. The number of hydrogen-bond donors (Lipinski definition) is 0. The molecule has 4 nitrogen and oxygen atoms in total. The van der Waals surface area contributed by atoms with Crippen molar-refractivity contribution in [3.63, 3.8) is 0 Å². The van der Waals surface area contributed by atoms with Gasteiger partial charge < -0.3 is 14.4 Å². The Balaban J connectivity index is 2.22. The van der Waals surface area contributed by atoms with Gasteiger partial charge >= 0.3 is 0 Å². The SMILES string of the molecule is COc1ccc(C(=O)N(C)C2CCCCC2C)c(OC)c1. The zero-order valence-electron chi connectivity index (χ0n) is 13.4. The van der Waals surface area contributed by atoms with Crippen LogP contribution in [-0.2, 0) is 0 Å². The van der Waals surface area contributed by atoms with Crippen LogP contribution in [0.5, 0.6) is 11.5 Å². The summed E-state index contributed by atoms with van der Waals surface area (Å²) in [5.74, 6) is 1.83. The number of amides is 1. The molecule has 0 heterocycles. The molecule has 1 aliphatic rings. The van der Waals surface area contributed by atoms with E-state index in [-0.39, 0.29) is 5.91 Å². The van der Waals surface area contributed by atoms with Gasteiger partial charge in [-0.05, 0) is 30.9 Å². The molecule has 1 aromatic rings. The molecule has 1 saturated carbocycles. The third-order valence-corrected chi connectivity index (χ3v) is 4.52. The van der Waals surface area contributed by atoms with Crippen molar-refractivity contribution in [2.75, 3.05) is 21.3 Å². The minimum Gasteiger partial charge on any atom is -0.497 e. The van der Waals surface area contributed by atoms with Crippen LogP contribution in [0.1, 0.15) is 43.0 Å². The van der Waals surface area contributed by atoms with Crippen LogP contribution in [0.4, 0.5) is 0 Å². The summed E-state index contributed by atoms with van der Waals surface area (Å²) in [5.41, 5.74) is 0.596. The maximum atomic E-state index is 12.8. The van der Waals surface area contributed by atoms with Gasteiger partial charge in [-0.25, -0.2) is 0 Å². The van der Waals surface area contributed by atoms with Crippen LogP contribution in [0.3, 0.4) is 0 Å². The summed E-state index contributed by atoms with van der Waals surface area (Å²) >= 11 is 0. The Hall–Kier alpha value is -1.71. The summed E-state index contributed by atoms with van der Waals surface area (Å²) in [6, 6.07) is 5.65. The van der Waals surface area contributed by atoms with Gasteiger partial charge in [0.05, 0.1) is 19.8 Å². The second-order valence-corrected chi connectivity index (χ2v) is 5.81. The van der Waals surface area contributed by atoms with Crippen molar-refractivity contribution in [1.82, 2.24) is 4.90 Å². The molecule has 0 aliphatic heterocycles. The first-order valence-corrected chi connectivity index (χ1v) is 7.57. The maximum Gasteiger partial charge on any atom is 0.257 e. The lowest BCUT2D eigenvalue weighted by molar-refractivity contribution is 0.0625. The highest BCUT2D eigenvalue weighted by Gasteiger charge is 2.29. The van der Waals surface area contributed by atoms with Gasteiger partial charge in [0.2, 0.25) is 0 Å². The summed E-state index contributed by atoms with van der Waals surface area (Å²) in [6.45, 7) is 2.23. The van der Waals surface area contributed by atoms with Gasteiger partial charge in [0.1, 0.15) is 11.5 Å². The van der Waals surface area contributed by atoms with Gasteiger partial charge in [0.15, 0.2) is 0 Å². The molecule has 0 spiro atoms. The zero-order chi connectivity index (χ0) is 15.4. The number of carbonyl (C=O) groups excluding carboxylic acids is 1.